The number of hydrogen-bond acceptors (Lipinski definition) is 5. The zero-order valence-electron chi connectivity index (χ0n) is 18.8. The fraction of sp³-hybridized carbons (Fsp3) is 0.917. The second kappa shape index (κ2) is 6.70. The van der Waals surface area contributed by atoms with Crippen LogP contribution in [0.15, 0.2) is 0 Å². The highest BCUT2D eigenvalue weighted by molar-refractivity contribution is 5.66. The third-order valence-electron chi connectivity index (χ3n) is 9.76. The van der Waals surface area contributed by atoms with E-state index in [-0.39, 0.29) is 45.6 Å². The molecule has 0 aliphatic heterocycles. The summed E-state index contributed by atoms with van der Waals surface area (Å²) in [6, 6.07) is 0. The van der Waals surface area contributed by atoms with Crippen LogP contribution in [0.2, 0.25) is 0 Å². The van der Waals surface area contributed by atoms with Crippen LogP contribution in [0, 0.1) is 33.5 Å². The summed E-state index contributed by atoms with van der Waals surface area (Å²) in [5.41, 5.74) is 0.0346. The number of fused-ring (bicyclic) bond motifs is 2. The molecule has 8 atom stereocenters. The first-order valence-corrected chi connectivity index (χ1v) is 11.4. The molecule has 0 amide bonds. The maximum Gasteiger partial charge on any atom is 0.302 e. The van der Waals surface area contributed by atoms with Crippen LogP contribution in [0.3, 0.4) is 0 Å². The first kappa shape index (κ1) is 21.1. The van der Waals surface area contributed by atoms with E-state index < -0.39 is 6.10 Å². The summed E-state index contributed by atoms with van der Waals surface area (Å²) in [6.07, 6.45) is 7.72. The van der Waals surface area contributed by atoms with Gasteiger partial charge < -0.3 is 14.6 Å². The van der Waals surface area contributed by atoms with Crippen molar-refractivity contribution in [1.29, 1.82) is 0 Å². The topological polar surface area (TPSA) is 72.8 Å². The van der Waals surface area contributed by atoms with Crippen LogP contribution in [0.1, 0.15) is 86.0 Å². The quantitative estimate of drug-likeness (QED) is 0.709. The van der Waals surface area contributed by atoms with Gasteiger partial charge >= 0.3 is 11.9 Å². The minimum atomic E-state index is -0.403. The number of aliphatic hydroxyl groups is 1. The Hall–Kier alpha value is -1.10. The summed E-state index contributed by atoms with van der Waals surface area (Å²) < 4.78 is 11.3. The van der Waals surface area contributed by atoms with Gasteiger partial charge in [0, 0.05) is 24.7 Å². The van der Waals surface area contributed by atoms with Crippen molar-refractivity contribution in [1.82, 2.24) is 0 Å². The molecule has 0 heterocycles. The maximum atomic E-state index is 11.7. The van der Waals surface area contributed by atoms with E-state index in [9.17, 15) is 14.7 Å². The molecule has 29 heavy (non-hydrogen) atoms. The van der Waals surface area contributed by atoms with Crippen molar-refractivity contribution in [3.05, 3.63) is 0 Å². The van der Waals surface area contributed by atoms with Crippen molar-refractivity contribution in [2.45, 2.75) is 98.2 Å². The zero-order valence-corrected chi connectivity index (χ0v) is 18.8. The van der Waals surface area contributed by atoms with Crippen LogP contribution in [0.25, 0.3) is 0 Å². The van der Waals surface area contributed by atoms with E-state index in [2.05, 4.69) is 20.8 Å². The Morgan fingerprint density at radius 2 is 1.72 bits per heavy atom. The number of aliphatic hydroxyl groups excluding tert-OH is 1. The second-order valence-corrected chi connectivity index (χ2v) is 11.5. The van der Waals surface area contributed by atoms with Gasteiger partial charge in [-0.05, 0) is 67.6 Å². The van der Waals surface area contributed by atoms with Crippen LogP contribution < -0.4 is 0 Å². The number of ether oxygens (including phenoxy) is 2. The molecule has 4 aliphatic carbocycles. The number of carbonyl (C=O) groups excluding carboxylic acids is 2. The molecule has 1 unspecified atom stereocenters. The monoisotopic (exact) mass is 406 g/mol. The van der Waals surface area contributed by atoms with Crippen molar-refractivity contribution in [3.8, 4) is 0 Å². The Bertz CT molecular complexity index is 705. The van der Waals surface area contributed by atoms with Crippen molar-refractivity contribution in [3.63, 3.8) is 0 Å². The Balaban J connectivity index is 1.71. The number of rotatable bonds is 3. The third-order valence-corrected chi connectivity index (χ3v) is 9.76. The van der Waals surface area contributed by atoms with Gasteiger partial charge in [-0.25, -0.2) is 0 Å². The first-order chi connectivity index (χ1) is 13.5. The van der Waals surface area contributed by atoms with Crippen LogP contribution in [0.5, 0.6) is 0 Å². The van der Waals surface area contributed by atoms with Crippen LogP contribution in [-0.2, 0) is 19.1 Å². The van der Waals surface area contributed by atoms with Gasteiger partial charge in [-0.2, -0.15) is 0 Å². The van der Waals surface area contributed by atoms with Gasteiger partial charge in [-0.1, -0.05) is 27.2 Å². The lowest BCUT2D eigenvalue weighted by Gasteiger charge is -2.68. The van der Waals surface area contributed by atoms with Crippen LogP contribution >= 0.6 is 0 Å². The minimum Gasteiger partial charge on any atom is -0.465 e. The first-order valence-electron chi connectivity index (χ1n) is 11.4. The Kier molecular flexibility index (Phi) is 4.88. The molecule has 0 aromatic heterocycles. The minimum absolute atomic E-state index is 0.0153. The molecule has 4 rings (SSSR count). The predicted octanol–water partition coefficient (Wildman–Crippen LogP) is 4.26. The summed E-state index contributed by atoms with van der Waals surface area (Å²) in [5, 5.41) is 11.4. The molecule has 164 valence electrons. The Morgan fingerprint density at radius 3 is 2.38 bits per heavy atom. The Labute approximate surface area is 174 Å². The van der Waals surface area contributed by atoms with E-state index in [1.807, 2.05) is 0 Å². The largest absolute Gasteiger partial charge is 0.465 e. The third kappa shape index (κ3) is 2.97. The highest BCUT2D eigenvalue weighted by atomic mass is 16.5. The van der Waals surface area contributed by atoms with Gasteiger partial charge in [0.2, 0.25) is 0 Å². The van der Waals surface area contributed by atoms with Crippen molar-refractivity contribution < 1.29 is 24.2 Å². The lowest BCUT2D eigenvalue weighted by Crippen LogP contribution is -2.65. The second-order valence-electron chi connectivity index (χ2n) is 11.5. The fourth-order valence-corrected chi connectivity index (χ4v) is 8.71. The Morgan fingerprint density at radius 1 is 1.00 bits per heavy atom. The highest BCUT2D eigenvalue weighted by Gasteiger charge is 2.72. The summed E-state index contributed by atoms with van der Waals surface area (Å²) in [5.74, 6) is 0.0830. The smallest absolute Gasteiger partial charge is 0.302 e. The molecule has 0 radical (unpaired) electrons. The molecule has 1 spiro atoms. The molecule has 1 N–H and O–H groups in total. The maximum absolute atomic E-state index is 11.7. The lowest BCUT2D eigenvalue weighted by atomic mass is 9.37. The van der Waals surface area contributed by atoms with Crippen LogP contribution in [0.4, 0.5) is 0 Å². The lowest BCUT2D eigenvalue weighted by molar-refractivity contribution is -0.239. The molecular formula is C24H38O5. The predicted molar refractivity (Wildman–Crippen MR) is 109 cm³/mol. The van der Waals surface area contributed by atoms with Gasteiger partial charge in [-0.15, -0.1) is 0 Å². The molecule has 4 aliphatic rings. The van der Waals surface area contributed by atoms with Gasteiger partial charge in [0.15, 0.2) is 0 Å². The SMILES string of the molecule is CC(=O)OC[C@]1(C)CCC[C@]2(C)[C@@H]1[C@@H](O)C[C@@H]1C[C@@H](OC(C)=O)[C@]3(C)CCC12C3. The molecule has 0 saturated heterocycles. The number of hydrogen-bond donors (Lipinski definition) is 1. The van der Waals surface area contributed by atoms with E-state index in [0.717, 1.165) is 51.4 Å². The normalized spacial score (nSPS) is 51.0. The molecule has 5 heteroatoms. The van der Waals surface area contributed by atoms with Gasteiger partial charge in [0.05, 0.1) is 12.7 Å². The molecule has 0 aromatic rings. The van der Waals surface area contributed by atoms with Crippen molar-refractivity contribution >= 4 is 11.9 Å². The summed E-state index contributed by atoms with van der Waals surface area (Å²) >= 11 is 0. The molecule has 4 fully saturated rings. The number of carbonyl (C=O) groups is 2. The van der Waals surface area contributed by atoms with E-state index in [1.165, 1.54) is 13.8 Å². The molecule has 5 nitrogen and oxygen atoms in total. The van der Waals surface area contributed by atoms with E-state index in [1.54, 1.807) is 0 Å². The molecule has 0 aromatic carbocycles. The summed E-state index contributed by atoms with van der Waals surface area (Å²) in [4.78, 5) is 23.3. The summed E-state index contributed by atoms with van der Waals surface area (Å²) in [6.45, 7) is 10.3. The van der Waals surface area contributed by atoms with Crippen molar-refractivity contribution in [2.24, 2.45) is 33.5 Å². The number of esters is 2. The van der Waals surface area contributed by atoms with Gasteiger partial charge in [-0.3, -0.25) is 9.59 Å². The molecular weight excluding hydrogens is 368 g/mol. The standard InChI is InChI=1S/C24H38O5/c1-15(25)28-14-22(4)7-6-8-23(5)20(22)18(27)11-17-12-19(29-16(2)26)21(3)9-10-24(17,23)13-21/h17-20,27H,6-14H2,1-5H3/t17-,18+,19-,20-,21-,22+,23-,24?/m1/s1. The average Bonchev–Trinajstić information content (AvgIpc) is 2.93. The van der Waals surface area contributed by atoms with Crippen LogP contribution in [-0.4, -0.2) is 35.9 Å². The van der Waals surface area contributed by atoms with E-state index >= 15 is 0 Å². The summed E-state index contributed by atoms with van der Waals surface area (Å²) in [7, 11) is 0. The highest BCUT2D eigenvalue weighted by Crippen LogP contribution is 2.76. The van der Waals surface area contributed by atoms with Gasteiger partial charge in [0.25, 0.3) is 0 Å². The fourth-order valence-electron chi connectivity index (χ4n) is 8.71. The average molecular weight is 407 g/mol. The van der Waals surface area contributed by atoms with Crippen molar-refractivity contribution in [2.75, 3.05) is 6.61 Å². The van der Waals surface area contributed by atoms with Gasteiger partial charge in [0.1, 0.15) is 6.10 Å². The van der Waals surface area contributed by atoms with E-state index in [4.69, 9.17) is 9.47 Å². The van der Waals surface area contributed by atoms with E-state index in [0.29, 0.717) is 12.5 Å². The molecule has 4 saturated carbocycles. The molecule has 2 bridgehead atoms. The zero-order chi connectivity index (χ0) is 21.2.